The van der Waals surface area contributed by atoms with E-state index in [0.717, 1.165) is 4.31 Å². The van der Waals surface area contributed by atoms with E-state index in [1.165, 1.54) is 24.7 Å². The monoisotopic (exact) mass is 372 g/mol. The van der Waals surface area contributed by atoms with Crippen LogP contribution in [-0.2, 0) is 16.6 Å². The van der Waals surface area contributed by atoms with Crippen molar-refractivity contribution in [2.45, 2.75) is 43.9 Å². The fraction of sp³-hybridized carbons (Fsp3) is 0.538. The molecule has 1 aliphatic rings. The zero-order chi connectivity index (χ0) is 18.4. The van der Waals surface area contributed by atoms with E-state index in [2.05, 4.69) is 15.5 Å². The molecule has 10 nitrogen and oxygen atoms in total. The first kappa shape index (κ1) is 17.5. The van der Waals surface area contributed by atoms with Gasteiger partial charge < -0.3 is 10.3 Å². The van der Waals surface area contributed by atoms with Crippen molar-refractivity contribution >= 4 is 15.9 Å². The number of sulfonamides is 1. The van der Waals surface area contributed by atoms with Crippen molar-refractivity contribution in [2.24, 2.45) is 5.73 Å². The average Bonchev–Trinajstić information content (AvgIpc) is 3.20. The van der Waals surface area contributed by atoms with E-state index in [1.54, 1.807) is 0 Å². The third kappa shape index (κ3) is 3.14. The lowest BCUT2D eigenvalue weighted by Crippen LogP contribution is -2.38. The van der Waals surface area contributed by atoms with E-state index in [1.807, 2.05) is 0 Å². The van der Waals surface area contributed by atoms with Crippen molar-refractivity contribution < 1.29 is 22.1 Å². The summed E-state index contributed by atoms with van der Waals surface area (Å²) in [5, 5.41) is 11.0. The topological polar surface area (TPSA) is 137 Å². The summed E-state index contributed by atoms with van der Waals surface area (Å²) >= 11 is 0. The Morgan fingerprint density at radius 3 is 2.76 bits per heavy atom. The molecule has 2 aromatic heterocycles. The minimum atomic E-state index is -3.98. The van der Waals surface area contributed by atoms with E-state index < -0.39 is 28.1 Å². The standard InChI is InChI=1S/C13H17FN6O4S/c1-7-12(8(2)24-17-7)25(22,23)20-4-9(14)3-10(20)5-19-6-11(13(15)21)16-18-19/h6,9-10H,3-5H2,1-2H3,(H2,15,21). The molecule has 1 saturated heterocycles. The molecular formula is C13H17FN6O4S. The highest BCUT2D eigenvalue weighted by Gasteiger charge is 2.43. The maximum atomic E-state index is 14.0. The number of aryl methyl sites for hydroxylation is 2. The van der Waals surface area contributed by atoms with Gasteiger partial charge in [-0.25, -0.2) is 12.8 Å². The number of primary amides is 1. The van der Waals surface area contributed by atoms with Crippen molar-refractivity contribution in [2.75, 3.05) is 6.54 Å². The summed E-state index contributed by atoms with van der Waals surface area (Å²) in [5.74, 6) is -0.600. The second kappa shape index (κ2) is 6.19. The largest absolute Gasteiger partial charge is 0.364 e. The number of nitrogens with two attached hydrogens (primary N) is 1. The Hall–Kier alpha value is -2.34. The number of hydrogen-bond donors (Lipinski definition) is 1. The third-order valence-electron chi connectivity index (χ3n) is 4.04. The van der Waals surface area contributed by atoms with Crippen LogP contribution >= 0.6 is 0 Å². The number of amides is 1. The number of carbonyl (C=O) groups is 1. The van der Waals surface area contributed by atoms with Crippen molar-refractivity contribution in [1.82, 2.24) is 24.5 Å². The van der Waals surface area contributed by atoms with Crippen LogP contribution in [-0.4, -0.2) is 57.5 Å². The van der Waals surface area contributed by atoms with E-state index in [9.17, 15) is 17.6 Å². The van der Waals surface area contributed by atoms with Crippen molar-refractivity contribution in [3.63, 3.8) is 0 Å². The molecule has 3 rings (SSSR count). The molecule has 0 radical (unpaired) electrons. The molecule has 136 valence electrons. The lowest BCUT2D eigenvalue weighted by molar-refractivity contribution is 0.0995. The Labute approximate surface area is 142 Å². The molecule has 0 aromatic carbocycles. The van der Waals surface area contributed by atoms with Crippen LogP contribution in [0.2, 0.25) is 0 Å². The number of carbonyl (C=O) groups excluding carboxylic acids is 1. The molecule has 0 bridgehead atoms. The third-order valence-corrected chi connectivity index (χ3v) is 6.20. The van der Waals surface area contributed by atoms with Gasteiger partial charge in [0, 0.05) is 12.6 Å². The van der Waals surface area contributed by atoms with Gasteiger partial charge in [-0.1, -0.05) is 10.4 Å². The van der Waals surface area contributed by atoms with E-state index in [-0.39, 0.29) is 41.6 Å². The summed E-state index contributed by atoms with van der Waals surface area (Å²) in [5.41, 5.74) is 5.28. The molecule has 1 aliphatic heterocycles. The highest BCUT2D eigenvalue weighted by molar-refractivity contribution is 7.89. The maximum absolute atomic E-state index is 14.0. The fourth-order valence-corrected chi connectivity index (χ4v) is 4.92. The van der Waals surface area contributed by atoms with Gasteiger partial charge in [0.05, 0.1) is 12.7 Å². The molecule has 2 N–H and O–H groups in total. The normalized spacial score (nSPS) is 21.7. The fourth-order valence-electron chi connectivity index (χ4n) is 2.97. The van der Waals surface area contributed by atoms with Crippen LogP contribution in [0.25, 0.3) is 0 Å². The first-order valence-corrected chi connectivity index (χ1v) is 8.93. The van der Waals surface area contributed by atoms with Crippen LogP contribution < -0.4 is 5.73 Å². The van der Waals surface area contributed by atoms with Crippen LogP contribution in [0.4, 0.5) is 4.39 Å². The lowest BCUT2D eigenvalue weighted by Gasteiger charge is -2.23. The Kier molecular flexibility index (Phi) is 4.33. The summed E-state index contributed by atoms with van der Waals surface area (Å²) in [6, 6.07) is -0.684. The molecule has 0 aliphatic carbocycles. The van der Waals surface area contributed by atoms with Crippen LogP contribution in [0.3, 0.4) is 0 Å². The van der Waals surface area contributed by atoms with Crippen molar-refractivity contribution in [1.29, 1.82) is 0 Å². The van der Waals surface area contributed by atoms with Crippen LogP contribution in [0.1, 0.15) is 28.4 Å². The van der Waals surface area contributed by atoms with Gasteiger partial charge in [-0.15, -0.1) is 5.10 Å². The summed E-state index contributed by atoms with van der Waals surface area (Å²) in [6.07, 6.45) is 0.00237. The zero-order valence-electron chi connectivity index (χ0n) is 13.6. The number of nitrogens with zero attached hydrogens (tertiary/aromatic N) is 5. The van der Waals surface area contributed by atoms with Gasteiger partial charge in [0.1, 0.15) is 16.8 Å². The van der Waals surface area contributed by atoms with Gasteiger partial charge in [0.15, 0.2) is 11.5 Å². The molecule has 25 heavy (non-hydrogen) atoms. The molecule has 2 aromatic rings. The van der Waals surface area contributed by atoms with Crippen LogP contribution in [0.5, 0.6) is 0 Å². The van der Waals surface area contributed by atoms with Crippen LogP contribution in [0, 0.1) is 13.8 Å². The smallest absolute Gasteiger partial charge is 0.270 e. The second-order valence-electron chi connectivity index (χ2n) is 5.90. The van der Waals surface area contributed by atoms with Gasteiger partial charge in [0.25, 0.3) is 5.91 Å². The number of halogens is 1. The first-order chi connectivity index (χ1) is 11.7. The quantitative estimate of drug-likeness (QED) is 0.766. The predicted octanol–water partition coefficient (Wildman–Crippen LogP) is -0.217. The van der Waals surface area contributed by atoms with Gasteiger partial charge >= 0.3 is 0 Å². The minimum absolute atomic E-state index is 0.00830. The summed E-state index contributed by atoms with van der Waals surface area (Å²) in [6.45, 7) is 2.77. The summed E-state index contributed by atoms with van der Waals surface area (Å²) < 4.78 is 47.1. The molecule has 12 heteroatoms. The molecular weight excluding hydrogens is 355 g/mol. The lowest BCUT2D eigenvalue weighted by atomic mass is 10.2. The summed E-state index contributed by atoms with van der Waals surface area (Å²) in [7, 11) is -3.98. The van der Waals surface area contributed by atoms with Gasteiger partial charge in [-0.3, -0.25) is 9.48 Å². The molecule has 2 atom stereocenters. The molecule has 2 unspecified atom stereocenters. The second-order valence-corrected chi connectivity index (χ2v) is 7.73. The predicted molar refractivity (Wildman–Crippen MR) is 81.7 cm³/mol. The van der Waals surface area contributed by atoms with Crippen molar-refractivity contribution in [3.05, 3.63) is 23.3 Å². The van der Waals surface area contributed by atoms with Crippen molar-refractivity contribution in [3.8, 4) is 0 Å². The minimum Gasteiger partial charge on any atom is -0.364 e. The molecule has 3 heterocycles. The number of hydrogen-bond acceptors (Lipinski definition) is 7. The first-order valence-electron chi connectivity index (χ1n) is 7.49. The van der Waals surface area contributed by atoms with Gasteiger partial charge in [-0.2, -0.15) is 4.31 Å². The van der Waals surface area contributed by atoms with Gasteiger partial charge in [0.2, 0.25) is 10.0 Å². The average molecular weight is 372 g/mol. The van der Waals surface area contributed by atoms with E-state index >= 15 is 0 Å². The zero-order valence-corrected chi connectivity index (χ0v) is 14.4. The highest BCUT2D eigenvalue weighted by atomic mass is 32.2. The Bertz CT molecular complexity index is 888. The Morgan fingerprint density at radius 2 is 2.20 bits per heavy atom. The molecule has 0 spiro atoms. The summed E-state index contributed by atoms with van der Waals surface area (Å²) in [4.78, 5) is 11.0. The maximum Gasteiger partial charge on any atom is 0.270 e. The van der Waals surface area contributed by atoms with E-state index in [4.69, 9.17) is 10.3 Å². The Balaban J connectivity index is 1.90. The number of aromatic nitrogens is 4. The molecule has 1 amide bonds. The number of rotatable bonds is 5. The highest BCUT2D eigenvalue weighted by Crippen LogP contribution is 2.31. The number of alkyl halides is 1. The molecule has 1 fully saturated rings. The molecule has 0 saturated carbocycles. The Morgan fingerprint density at radius 1 is 1.48 bits per heavy atom. The van der Waals surface area contributed by atoms with E-state index in [0.29, 0.717) is 0 Å². The van der Waals surface area contributed by atoms with Gasteiger partial charge in [-0.05, 0) is 20.3 Å². The SMILES string of the molecule is Cc1noc(C)c1S(=O)(=O)N1CC(F)CC1Cn1cc(C(N)=O)nn1. The van der Waals surface area contributed by atoms with Crippen LogP contribution in [0.15, 0.2) is 15.6 Å².